The van der Waals surface area contributed by atoms with Gasteiger partial charge in [-0.3, -0.25) is 4.90 Å². The average Bonchev–Trinajstić information content (AvgIpc) is 3.55. The number of carbonyl (C=O) groups excluding carboxylic acids is 1. The van der Waals surface area contributed by atoms with Gasteiger partial charge in [-0.2, -0.15) is 0 Å². The molecule has 0 fully saturated rings. The lowest BCUT2D eigenvalue weighted by molar-refractivity contribution is 0.00877. The maximum absolute atomic E-state index is 13.2. The fraction of sp³-hybridized carbons (Fsp3) is 0.345. The van der Waals surface area contributed by atoms with Gasteiger partial charge in [0.15, 0.2) is 32.8 Å². The van der Waals surface area contributed by atoms with Crippen molar-refractivity contribution < 1.29 is 41.6 Å². The Bertz CT molecular complexity index is 1640. The van der Waals surface area contributed by atoms with Crippen molar-refractivity contribution in [3.8, 4) is 39.9 Å². The van der Waals surface area contributed by atoms with Gasteiger partial charge in [0.1, 0.15) is 11.7 Å². The highest BCUT2D eigenvalue weighted by molar-refractivity contribution is 7.90. The first-order valence-electron chi connectivity index (χ1n) is 12.7. The Morgan fingerprint density at radius 2 is 1.59 bits per heavy atom. The zero-order chi connectivity index (χ0) is 28.3. The molecule has 0 unspecified atom stereocenters. The van der Waals surface area contributed by atoms with Crippen LogP contribution in [0.2, 0.25) is 0 Å². The minimum Gasteiger partial charge on any atom is -0.493 e. The number of rotatable bonds is 6. The monoisotopic (exact) mass is 603 g/mol. The Labute approximate surface area is 244 Å². The second kappa shape index (κ2) is 10.6. The first-order chi connectivity index (χ1) is 19.2. The summed E-state index contributed by atoms with van der Waals surface area (Å²) in [5.41, 5.74) is 4.39. The number of sulfone groups is 1. The Kier molecular flexibility index (Phi) is 7.47. The van der Waals surface area contributed by atoms with Gasteiger partial charge in [-0.15, -0.1) is 12.4 Å². The zero-order valence-corrected chi connectivity index (χ0v) is 24.8. The summed E-state index contributed by atoms with van der Waals surface area (Å²) in [7, 11) is 3.20. The number of methoxy groups -OCH3 is 3. The fourth-order valence-electron chi connectivity index (χ4n) is 6.01. The second-order valence-corrected chi connectivity index (χ2v) is 11.9. The molecule has 3 aromatic rings. The van der Waals surface area contributed by atoms with E-state index in [1.54, 1.807) is 37.4 Å². The van der Waals surface area contributed by atoms with Crippen LogP contribution in [0.3, 0.4) is 0 Å². The van der Waals surface area contributed by atoms with E-state index in [1.165, 1.54) is 20.5 Å². The van der Waals surface area contributed by atoms with Crippen LogP contribution in [0, 0.1) is 0 Å². The van der Waals surface area contributed by atoms with Crippen LogP contribution in [0.25, 0.3) is 11.1 Å². The molecule has 218 valence electrons. The van der Waals surface area contributed by atoms with E-state index in [4.69, 9.17) is 28.4 Å². The summed E-state index contributed by atoms with van der Waals surface area (Å²) < 4.78 is 59.0. The summed E-state index contributed by atoms with van der Waals surface area (Å²) in [6.45, 7) is 0.674. The van der Waals surface area contributed by atoms with Crippen LogP contribution in [0.1, 0.15) is 39.2 Å². The van der Waals surface area contributed by atoms with Gasteiger partial charge in [-0.25, -0.2) is 13.2 Å². The van der Waals surface area contributed by atoms with E-state index in [0.29, 0.717) is 52.8 Å². The van der Waals surface area contributed by atoms with E-state index in [-0.39, 0.29) is 24.1 Å². The lowest BCUT2D eigenvalue weighted by atomic mass is 9.81. The number of fused-ring (bicyclic) bond motifs is 3. The third-order valence-corrected chi connectivity index (χ3v) is 8.92. The van der Waals surface area contributed by atoms with Crippen LogP contribution >= 0.6 is 12.4 Å². The lowest BCUT2D eigenvalue weighted by Crippen LogP contribution is -2.36. The smallest absolute Gasteiger partial charge is 0.343 e. The number of halogens is 1. The van der Waals surface area contributed by atoms with Gasteiger partial charge in [0, 0.05) is 29.5 Å². The van der Waals surface area contributed by atoms with Crippen molar-refractivity contribution in [3.05, 3.63) is 58.7 Å². The molecule has 2 atom stereocenters. The quantitative estimate of drug-likeness (QED) is 0.377. The molecule has 0 N–H and O–H groups in total. The molecule has 10 nitrogen and oxygen atoms in total. The van der Waals surface area contributed by atoms with Crippen molar-refractivity contribution in [2.45, 2.75) is 23.5 Å². The van der Waals surface area contributed by atoms with Crippen molar-refractivity contribution in [1.82, 2.24) is 4.90 Å². The number of esters is 1. The van der Waals surface area contributed by atoms with Crippen molar-refractivity contribution in [2.75, 3.05) is 48.0 Å². The van der Waals surface area contributed by atoms with Crippen LogP contribution in [-0.4, -0.2) is 67.3 Å². The normalized spacial score (nSPS) is 19.1. The van der Waals surface area contributed by atoms with Crippen molar-refractivity contribution in [3.63, 3.8) is 0 Å². The molecule has 6 rings (SSSR count). The summed E-state index contributed by atoms with van der Waals surface area (Å²) in [5.74, 6) is 1.79. The van der Waals surface area contributed by atoms with Gasteiger partial charge in [0.05, 0.1) is 32.3 Å². The first kappa shape index (κ1) is 28.8. The van der Waals surface area contributed by atoms with Crippen LogP contribution < -0.4 is 23.7 Å². The summed E-state index contributed by atoms with van der Waals surface area (Å²) in [6.07, 6.45) is 1.16. The Morgan fingerprint density at radius 3 is 2.22 bits per heavy atom. The molecule has 0 aliphatic carbocycles. The van der Waals surface area contributed by atoms with Crippen molar-refractivity contribution in [1.29, 1.82) is 0 Å². The predicted molar refractivity (Wildman–Crippen MR) is 152 cm³/mol. The molecule has 3 aromatic carbocycles. The number of hydrogen-bond acceptors (Lipinski definition) is 10. The standard InChI is InChI=1S/C29H29NO9S.ClH/c1-30-13-12-17-20(15-6-8-16(9-7-15)40(5,32)33)27-28(38-14-37-27)26(36-4)21(17)23(30)24-18-10-11-19(34-2)25(35-3)22(18)29(31)39-24;/h6-11,23-24H,12-14H2,1-5H3;1H/t23-,24+;/m1./s1. The fourth-order valence-corrected chi connectivity index (χ4v) is 6.64. The van der Waals surface area contributed by atoms with Crippen LogP contribution in [0.4, 0.5) is 0 Å². The van der Waals surface area contributed by atoms with Gasteiger partial charge >= 0.3 is 5.97 Å². The van der Waals surface area contributed by atoms with E-state index in [0.717, 1.165) is 22.3 Å². The first-order valence-corrected chi connectivity index (χ1v) is 14.6. The maximum atomic E-state index is 13.2. The summed E-state index contributed by atoms with van der Waals surface area (Å²) >= 11 is 0. The van der Waals surface area contributed by atoms with Gasteiger partial charge < -0.3 is 28.4 Å². The number of benzene rings is 3. The predicted octanol–water partition coefficient (Wildman–Crippen LogP) is 4.37. The minimum absolute atomic E-state index is 0. The number of hydrogen-bond donors (Lipinski definition) is 0. The molecule has 0 amide bonds. The van der Waals surface area contributed by atoms with Crippen molar-refractivity contribution in [2.24, 2.45) is 0 Å². The number of cyclic esters (lactones) is 1. The molecule has 0 bridgehead atoms. The van der Waals surface area contributed by atoms with E-state index in [9.17, 15) is 13.2 Å². The molecule has 0 saturated heterocycles. The van der Waals surface area contributed by atoms with E-state index in [2.05, 4.69) is 4.90 Å². The SMILES string of the molecule is COc1ccc2c(c1OC)C(=O)O[C@@H]2[C@H]1c2c(c(-c3ccc(S(C)(=O)=O)cc3)c3c(c2OC)OCO3)CCN1C.Cl. The van der Waals surface area contributed by atoms with Gasteiger partial charge in [-0.1, -0.05) is 18.2 Å². The third-order valence-electron chi connectivity index (χ3n) is 7.79. The third kappa shape index (κ3) is 4.43. The highest BCUT2D eigenvalue weighted by atomic mass is 35.5. The molecule has 3 aliphatic rings. The molecular formula is C29H30ClNO9S. The highest BCUT2D eigenvalue weighted by Crippen LogP contribution is 2.58. The van der Waals surface area contributed by atoms with E-state index >= 15 is 0 Å². The zero-order valence-electron chi connectivity index (χ0n) is 23.2. The molecule has 3 heterocycles. The number of likely N-dealkylation sites (N-methyl/N-ethyl adjacent to an activating group) is 1. The van der Waals surface area contributed by atoms with Gasteiger partial charge in [-0.05, 0) is 42.8 Å². The summed E-state index contributed by atoms with van der Waals surface area (Å²) in [5, 5.41) is 0. The Balaban J connectivity index is 0.00000337. The van der Waals surface area contributed by atoms with E-state index < -0.39 is 28.0 Å². The molecule has 0 saturated carbocycles. The molecule has 3 aliphatic heterocycles. The van der Waals surface area contributed by atoms with Crippen LogP contribution in [-0.2, 0) is 21.0 Å². The molecule has 0 radical (unpaired) electrons. The minimum atomic E-state index is -3.36. The van der Waals surface area contributed by atoms with Crippen LogP contribution in [0.15, 0.2) is 41.3 Å². The number of ether oxygens (including phenoxy) is 6. The van der Waals surface area contributed by atoms with Gasteiger partial charge in [0.2, 0.25) is 12.5 Å². The maximum Gasteiger partial charge on any atom is 0.343 e. The van der Waals surface area contributed by atoms with E-state index in [1.807, 2.05) is 13.1 Å². The highest BCUT2D eigenvalue weighted by Gasteiger charge is 2.47. The largest absolute Gasteiger partial charge is 0.493 e. The summed E-state index contributed by atoms with van der Waals surface area (Å²) in [6, 6.07) is 9.90. The second-order valence-electron chi connectivity index (χ2n) is 9.93. The Hall–Kier alpha value is -3.67. The molecule has 0 aromatic heterocycles. The van der Waals surface area contributed by atoms with Gasteiger partial charge in [0.25, 0.3) is 0 Å². The molecule has 12 heteroatoms. The van der Waals surface area contributed by atoms with Crippen LogP contribution in [0.5, 0.6) is 28.7 Å². The Morgan fingerprint density at radius 1 is 0.902 bits per heavy atom. The molecule has 0 spiro atoms. The number of nitrogens with zero attached hydrogens (tertiary/aromatic N) is 1. The lowest BCUT2D eigenvalue weighted by Gasteiger charge is -2.39. The summed E-state index contributed by atoms with van der Waals surface area (Å²) in [4.78, 5) is 15.6. The molecular weight excluding hydrogens is 574 g/mol. The van der Waals surface area contributed by atoms with Crippen molar-refractivity contribution >= 4 is 28.2 Å². The average molecular weight is 604 g/mol. The number of carbonyl (C=O) groups is 1. The topological polar surface area (TPSA) is 110 Å². The molecule has 41 heavy (non-hydrogen) atoms.